The van der Waals surface area contributed by atoms with E-state index in [-0.39, 0.29) is 11.3 Å². The van der Waals surface area contributed by atoms with Crippen molar-refractivity contribution in [1.29, 1.82) is 0 Å². The molecule has 0 saturated carbocycles. The number of rotatable bonds is 4. The van der Waals surface area contributed by atoms with Gasteiger partial charge in [0.25, 0.3) is 0 Å². The lowest BCUT2D eigenvalue weighted by Crippen LogP contribution is -3.15. The summed E-state index contributed by atoms with van der Waals surface area (Å²) < 4.78 is 6.88. The van der Waals surface area contributed by atoms with Gasteiger partial charge in [0.1, 0.15) is 24.5 Å². The van der Waals surface area contributed by atoms with Crippen LogP contribution in [0.2, 0.25) is 0 Å². The van der Waals surface area contributed by atoms with Gasteiger partial charge in [-0.25, -0.2) is 4.79 Å². The molecule has 5 nitrogen and oxygen atoms in total. The van der Waals surface area contributed by atoms with Crippen LogP contribution in [0.25, 0.3) is 0 Å². The third-order valence-corrected chi connectivity index (χ3v) is 5.08. The lowest BCUT2D eigenvalue weighted by molar-refractivity contribution is -0.904. The maximum atomic E-state index is 12.1. The number of phenolic OH excluding ortho intramolecular Hbond substituents is 1. The van der Waals surface area contributed by atoms with Gasteiger partial charge in [0, 0.05) is 16.7 Å². The van der Waals surface area contributed by atoms with Gasteiger partial charge in [0.05, 0.1) is 16.7 Å². The Hall–Kier alpha value is -0.130. The molecule has 21 heavy (non-hydrogen) atoms. The van der Waals surface area contributed by atoms with Crippen LogP contribution in [0.1, 0.15) is 10.4 Å². The van der Waals surface area contributed by atoms with Crippen LogP contribution in [0.4, 0.5) is 0 Å². The van der Waals surface area contributed by atoms with Crippen molar-refractivity contribution in [2.45, 2.75) is 0 Å². The highest BCUT2D eigenvalue weighted by Crippen LogP contribution is 2.27. The number of hydrogen-bond donors (Lipinski definition) is 2. The molecular weight excluding hydrogens is 498 g/mol. The molecule has 1 fully saturated rings. The summed E-state index contributed by atoms with van der Waals surface area (Å²) in [4.78, 5) is 15.8. The van der Waals surface area contributed by atoms with Gasteiger partial charge < -0.3 is 14.7 Å². The summed E-state index contributed by atoms with van der Waals surface area (Å²) in [6, 6.07) is 3.48. The molecule has 1 saturated heterocycles. The number of halogens is 2. The van der Waals surface area contributed by atoms with Gasteiger partial charge in [0.2, 0.25) is 0 Å². The predicted molar refractivity (Wildman–Crippen MR) is 96.9 cm³/mol. The number of esters is 1. The van der Waals surface area contributed by atoms with Crippen molar-refractivity contribution >= 4 is 51.2 Å². The first-order valence-corrected chi connectivity index (χ1v) is 9.00. The number of piperazine rings is 1. The van der Waals surface area contributed by atoms with Crippen LogP contribution in [-0.4, -0.2) is 62.4 Å². The van der Waals surface area contributed by atoms with Crippen LogP contribution in [0.3, 0.4) is 0 Å². The Balaban J connectivity index is 1.85. The topological polar surface area (TPSA) is 54.2 Å². The molecular formula is C14H19I2N2O3+. The number of nitrogens with zero attached hydrogens (tertiary/aromatic N) is 1. The van der Waals surface area contributed by atoms with Crippen molar-refractivity contribution in [3.63, 3.8) is 0 Å². The minimum Gasteiger partial charge on any atom is -0.506 e. The van der Waals surface area contributed by atoms with Gasteiger partial charge in [-0.05, 0) is 64.4 Å². The Morgan fingerprint density at radius 2 is 2.05 bits per heavy atom. The number of quaternary nitrogens is 1. The molecule has 7 heteroatoms. The van der Waals surface area contributed by atoms with E-state index in [0.29, 0.717) is 10.2 Å². The monoisotopic (exact) mass is 517 g/mol. The Bertz CT molecular complexity index is 517. The van der Waals surface area contributed by atoms with Crippen molar-refractivity contribution in [3.05, 3.63) is 24.8 Å². The minimum atomic E-state index is -0.447. The van der Waals surface area contributed by atoms with Gasteiger partial charge in [-0.15, -0.1) is 0 Å². The number of aromatic hydroxyl groups is 1. The highest BCUT2D eigenvalue weighted by atomic mass is 127. The number of likely N-dealkylation sites (N-methyl/N-ethyl adjacent to an activating group) is 1. The van der Waals surface area contributed by atoms with Crippen LogP contribution in [-0.2, 0) is 4.74 Å². The van der Waals surface area contributed by atoms with E-state index in [1.807, 2.05) is 28.7 Å². The zero-order valence-corrected chi connectivity index (χ0v) is 16.2. The van der Waals surface area contributed by atoms with E-state index in [9.17, 15) is 9.90 Å². The van der Waals surface area contributed by atoms with Gasteiger partial charge in [-0.1, -0.05) is 0 Å². The molecule has 1 aliphatic heterocycles. The van der Waals surface area contributed by atoms with Crippen molar-refractivity contribution in [3.8, 4) is 5.75 Å². The molecule has 0 radical (unpaired) electrons. The van der Waals surface area contributed by atoms with Crippen molar-refractivity contribution in [1.82, 2.24) is 4.90 Å². The van der Waals surface area contributed by atoms with Crippen LogP contribution < -0.4 is 4.90 Å². The zero-order chi connectivity index (χ0) is 15.4. The van der Waals surface area contributed by atoms with Crippen molar-refractivity contribution in [2.75, 3.05) is 46.4 Å². The van der Waals surface area contributed by atoms with Crippen molar-refractivity contribution < 1.29 is 19.5 Å². The van der Waals surface area contributed by atoms with E-state index in [4.69, 9.17) is 4.74 Å². The molecule has 0 unspecified atom stereocenters. The molecule has 0 aromatic heterocycles. The van der Waals surface area contributed by atoms with Gasteiger partial charge >= 0.3 is 5.97 Å². The Kier molecular flexibility index (Phi) is 6.51. The second-order valence-corrected chi connectivity index (χ2v) is 7.63. The fourth-order valence-corrected chi connectivity index (χ4v) is 4.12. The van der Waals surface area contributed by atoms with Crippen molar-refractivity contribution in [2.24, 2.45) is 0 Å². The van der Waals surface area contributed by atoms with Gasteiger partial charge in [-0.2, -0.15) is 0 Å². The van der Waals surface area contributed by atoms with Crippen LogP contribution in [0.5, 0.6) is 5.75 Å². The Morgan fingerprint density at radius 3 is 2.71 bits per heavy atom. The third-order valence-electron chi connectivity index (χ3n) is 3.63. The average Bonchev–Trinajstić information content (AvgIpc) is 2.44. The smallest absolute Gasteiger partial charge is 0.342 e. The number of carbonyl (C=O) groups excluding carboxylic acids is 1. The molecule has 1 aromatic carbocycles. The lowest BCUT2D eigenvalue weighted by atomic mass is 10.2. The van der Waals surface area contributed by atoms with Crippen LogP contribution in [0.15, 0.2) is 12.1 Å². The lowest BCUT2D eigenvalue weighted by Gasteiger charge is -2.29. The van der Waals surface area contributed by atoms with Gasteiger partial charge in [-0.3, -0.25) is 4.90 Å². The number of hydrogen-bond acceptors (Lipinski definition) is 4. The number of benzene rings is 1. The maximum Gasteiger partial charge on any atom is 0.342 e. The summed E-state index contributed by atoms with van der Waals surface area (Å²) in [5, 5.41) is 9.95. The third kappa shape index (κ3) is 4.93. The second kappa shape index (κ2) is 7.93. The number of carbonyl (C=O) groups is 1. The number of ether oxygens (including phenoxy) is 1. The Morgan fingerprint density at radius 1 is 1.38 bits per heavy atom. The van der Waals surface area contributed by atoms with Crippen LogP contribution >= 0.6 is 45.2 Å². The first-order chi connectivity index (χ1) is 9.97. The van der Waals surface area contributed by atoms with Crippen LogP contribution in [0, 0.1) is 7.14 Å². The van der Waals surface area contributed by atoms with E-state index < -0.39 is 5.97 Å². The van der Waals surface area contributed by atoms with E-state index in [1.54, 1.807) is 6.07 Å². The van der Waals surface area contributed by atoms with E-state index >= 15 is 0 Å². The maximum absolute atomic E-state index is 12.1. The first-order valence-electron chi connectivity index (χ1n) is 6.84. The molecule has 116 valence electrons. The summed E-state index contributed by atoms with van der Waals surface area (Å²) in [5.41, 5.74) is 0.250. The van der Waals surface area contributed by atoms with E-state index in [0.717, 1.165) is 36.3 Å². The molecule has 2 N–H and O–H groups in total. The second-order valence-electron chi connectivity index (χ2n) is 5.22. The molecule has 0 spiro atoms. The highest BCUT2D eigenvalue weighted by Gasteiger charge is 2.19. The predicted octanol–water partition coefficient (Wildman–Crippen LogP) is 0.588. The summed E-state index contributed by atoms with van der Waals surface area (Å²) in [7, 11) is 2.12. The summed E-state index contributed by atoms with van der Waals surface area (Å²) in [6.45, 7) is 5.54. The average molecular weight is 517 g/mol. The molecule has 1 aliphatic rings. The highest BCUT2D eigenvalue weighted by molar-refractivity contribution is 14.1. The molecule has 0 atom stereocenters. The van der Waals surface area contributed by atoms with Gasteiger partial charge in [0.15, 0.2) is 0 Å². The standard InChI is InChI=1S/C14H18I2N2O3/c1-17-2-4-18(5-3-17)6-7-21-14(20)11-8-10(15)9-12(16)13(11)19/h8-9,19H,2-7H2,1H3/p+1. The largest absolute Gasteiger partial charge is 0.506 e. The molecule has 1 heterocycles. The Labute approximate surface area is 151 Å². The summed E-state index contributed by atoms with van der Waals surface area (Å²) >= 11 is 4.14. The summed E-state index contributed by atoms with van der Waals surface area (Å²) in [6.07, 6.45) is 0. The van der Waals surface area contributed by atoms with E-state index in [2.05, 4.69) is 34.5 Å². The van der Waals surface area contributed by atoms with E-state index in [1.165, 1.54) is 4.90 Å². The fourth-order valence-electron chi connectivity index (χ4n) is 2.27. The zero-order valence-electron chi connectivity index (χ0n) is 11.9. The molecule has 2 rings (SSSR count). The normalized spacial score (nSPS) is 16.9. The fraction of sp³-hybridized carbons (Fsp3) is 0.500. The molecule has 0 amide bonds. The molecule has 1 aromatic rings. The molecule has 0 bridgehead atoms. The molecule has 0 aliphatic carbocycles. The number of nitrogens with one attached hydrogen (secondary N) is 1. The quantitative estimate of drug-likeness (QED) is 0.454. The summed E-state index contributed by atoms with van der Waals surface area (Å²) in [5.74, 6) is -0.439. The SMILES string of the molecule is CN1CC[NH+](CCOC(=O)c2cc(I)cc(I)c2O)CC1. The minimum absolute atomic E-state index is 0.00737. The first kappa shape index (κ1) is 17.2. The number of phenols is 1.